The van der Waals surface area contributed by atoms with E-state index in [0.29, 0.717) is 34.8 Å². The smallest absolute Gasteiger partial charge is 0.424 e. The molecule has 3 aromatic carbocycles. The van der Waals surface area contributed by atoms with Gasteiger partial charge in [0, 0.05) is 5.92 Å². The maximum absolute atomic E-state index is 14.8. The number of ether oxygens (including phenoxy) is 1. The van der Waals surface area contributed by atoms with Crippen LogP contribution in [-0.4, -0.2) is 49.1 Å². The molecule has 0 unspecified atom stereocenters. The number of unbranched alkanes of at least 4 members (excludes halogenated alkanes) is 1. The third kappa shape index (κ3) is 6.94. The Balaban J connectivity index is 1.83. The average molecular weight is 635 g/mol. The Morgan fingerprint density at radius 3 is 1.80 bits per heavy atom. The number of aliphatic carboxylic acids is 1. The van der Waals surface area contributed by atoms with Gasteiger partial charge in [0.1, 0.15) is 12.6 Å². The summed E-state index contributed by atoms with van der Waals surface area (Å²) in [6.45, 7) is 11.8. The topological polar surface area (TPSA) is 127 Å². The van der Waals surface area contributed by atoms with Crippen LogP contribution in [0, 0.1) is 0 Å². The molecule has 1 atom stereocenters. The first-order chi connectivity index (χ1) is 21.3. The van der Waals surface area contributed by atoms with E-state index in [2.05, 4.69) is 0 Å². The van der Waals surface area contributed by atoms with Gasteiger partial charge >= 0.3 is 12.1 Å². The molecule has 1 amide bonds. The molecule has 1 aliphatic rings. The fourth-order valence-corrected chi connectivity index (χ4v) is 8.32. The maximum atomic E-state index is 14.8. The highest BCUT2D eigenvalue weighted by Gasteiger charge is 2.44. The molecule has 0 spiro atoms. The first kappa shape index (κ1) is 34.2. The summed E-state index contributed by atoms with van der Waals surface area (Å²) in [5, 5.41) is 10.4. The number of nitrogens with two attached hydrogens (primary N) is 1. The Labute approximate surface area is 267 Å². The molecular formula is C36H46N2O6S. The summed E-state index contributed by atoms with van der Waals surface area (Å²) in [5.41, 5.74) is 11.7. The van der Waals surface area contributed by atoms with Crippen molar-refractivity contribution in [3.8, 4) is 11.1 Å². The maximum Gasteiger partial charge on any atom is 0.424 e. The average Bonchev–Trinajstić information content (AvgIpc) is 3.32. The van der Waals surface area contributed by atoms with Gasteiger partial charge in [0.15, 0.2) is 0 Å². The van der Waals surface area contributed by atoms with Crippen molar-refractivity contribution in [2.45, 2.75) is 95.4 Å². The zero-order chi connectivity index (χ0) is 33.1. The first-order valence-electron chi connectivity index (χ1n) is 15.8. The number of hydrogen-bond donors (Lipinski definition) is 2. The molecule has 45 heavy (non-hydrogen) atoms. The second kappa shape index (κ2) is 14.2. The van der Waals surface area contributed by atoms with Gasteiger partial charge in [0.05, 0.1) is 4.90 Å². The number of nitrogens with zero attached hydrogens (tertiary/aromatic N) is 1. The van der Waals surface area contributed by atoms with Crippen LogP contribution in [0.15, 0.2) is 65.6 Å². The molecule has 0 aromatic heterocycles. The molecule has 0 heterocycles. The van der Waals surface area contributed by atoms with E-state index in [-0.39, 0.29) is 41.6 Å². The van der Waals surface area contributed by atoms with E-state index in [1.165, 1.54) is 0 Å². The fraction of sp³-hybridized carbons (Fsp3) is 0.444. The number of carbonyl (C=O) groups is 2. The van der Waals surface area contributed by atoms with Gasteiger partial charge in [-0.2, -0.15) is 4.31 Å². The standard InChI is InChI=1S/C36H46N2O6S/c1-22(2)25-19-30(23(3)4)34(31(20-25)24(5)6)45(42,43)38(33(35(39)40)17-11-12-18-37)36(41)44-21-32-28-15-9-7-13-26(28)27-14-8-10-16-29(27)32/h7-10,13-16,19-20,22-24,32-33H,11-12,17-18,21,37H2,1-6H3,(H,39,40)/t33-/m0/s1. The van der Waals surface area contributed by atoms with Gasteiger partial charge in [-0.15, -0.1) is 0 Å². The number of amides is 1. The minimum atomic E-state index is -4.70. The monoisotopic (exact) mass is 634 g/mol. The predicted molar refractivity (Wildman–Crippen MR) is 177 cm³/mol. The molecule has 9 heteroatoms. The van der Waals surface area contributed by atoms with Gasteiger partial charge in [-0.05, 0) is 82.5 Å². The molecule has 4 rings (SSSR count). The summed E-state index contributed by atoms with van der Waals surface area (Å²) >= 11 is 0. The lowest BCUT2D eigenvalue weighted by Crippen LogP contribution is -2.49. The number of carboxylic acid groups (broad SMARTS) is 1. The second-order valence-electron chi connectivity index (χ2n) is 12.7. The van der Waals surface area contributed by atoms with E-state index in [1.807, 2.05) is 102 Å². The largest absolute Gasteiger partial charge is 0.480 e. The van der Waals surface area contributed by atoms with Crippen molar-refractivity contribution in [3.63, 3.8) is 0 Å². The number of sulfonamides is 1. The van der Waals surface area contributed by atoms with E-state index in [4.69, 9.17) is 10.5 Å². The first-order valence-corrected chi connectivity index (χ1v) is 17.2. The van der Waals surface area contributed by atoms with Crippen LogP contribution < -0.4 is 5.73 Å². The molecule has 0 saturated carbocycles. The lowest BCUT2D eigenvalue weighted by Gasteiger charge is -2.31. The zero-order valence-electron chi connectivity index (χ0n) is 27.1. The quantitative estimate of drug-likeness (QED) is 0.186. The summed E-state index contributed by atoms with van der Waals surface area (Å²) in [5.74, 6) is -2.03. The van der Waals surface area contributed by atoms with Gasteiger partial charge in [0.25, 0.3) is 10.0 Å². The van der Waals surface area contributed by atoms with E-state index < -0.39 is 28.1 Å². The number of fused-ring (bicyclic) bond motifs is 3. The van der Waals surface area contributed by atoms with E-state index >= 15 is 0 Å². The molecule has 0 saturated heterocycles. The third-order valence-corrected chi connectivity index (χ3v) is 10.5. The normalized spacial score (nSPS) is 13.6. The molecule has 3 N–H and O–H groups in total. The predicted octanol–water partition coefficient (Wildman–Crippen LogP) is 7.58. The van der Waals surface area contributed by atoms with Gasteiger partial charge in [-0.1, -0.05) is 102 Å². The molecule has 8 nitrogen and oxygen atoms in total. The molecule has 1 aliphatic carbocycles. The fourth-order valence-electron chi connectivity index (χ4n) is 6.16. The molecular weight excluding hydrogens is 588 g/mol. The van der Waals surface area contributed by atoms with Crippen LogP contribution in [0.3, 0.4) is 0 Å². The summed E-state index contributed by atoms with van der Waals surface area (Å²) in [7, 11) is -4.70. The summed E-state index contributed by atoms with van der Waals surface area (Å²) in [6.07, 6.45) is -0.473. The summed E-state index contributed by atoms with van der Waals surface area (Å²) < 4.78 is 35.9. The highest BCUT2D eigenvalue weighted by molar-refractivity contribution is 7.89. The van der Waals surface area contributed by atoms with Crippen molar-refractivity contribution in [3.05, 3.63) is 88.5 Å². The number of carboxylic acids is 1. The molecule has 3 aromatic rings. The Morgan fingerprint density at radius 1 is 0.844 bits per heavy atom. The van der Waals surface area contributed by atoms with E-state index in [9.17, 15) is 23.1 Å². The number of carbonyl (C=O) groups excluding carboxylic acids is 1. The van der Waals surface area contributed by atoms with Crippen molar-refractivity contribution < 1.29 is 27.9 Å². The number of hydrogen-bond acceptors (Lipinski definition) is 6. The Hall–Kier alpha value is -3.69. The van der Waals surface area contributed by atoms with E-state index in [1.54, 1.807) is 0 Å². The molecule has 0 radical (unpaired) electrons. The van der Waals surface area contributed by atoms with Crippen LogP contribution in [0.2, 0.25) is 0 Å². The summed E-state index contributed by atoms with van der Waals surface area (Å²) in [6, 6.07) is 17.7. The van der Waals surface area contributed by atoms with Crippen molar-refractivity contribution in [2.75, 3.05) is 13.2 Å². The second-order valence-corrected chi connectivity index (χ2v) is 14.5. The minimum Gasteiger partial charge on any atom is -0.480 e. The zero-order valence-corrected chi connectivity index (χ0v) is 27.9. The van der Waals surface area contributed by atoms with Crippen LogP contribution in [0.4, 0.5) is 4.79 Å². The molecule has 0 fully saturated rings. The number of rotatable bonds is 13. The van der Waals surface area contributed by atoms with Crippen molar-refractivity contribution >= 4 is 22.1 Å². The Morgan fingerprint density at radius 2 is 1.36 bits per heavy atom. The summed E-state index contributed by atoms with van der Waals surface area (Å²) in [4.78, 5) is 26.8. The van der Waals surface area contributed by atoms with Crippen LogP contribution in [-0.2, 0) is 19.6 Å². The molecule has 0 aliphatic heterocycles. The van der Waals surface area contributed by atoms with Crippen LogP contribution >= 0.6 is 0 Å². The highest BCUT2D eigenvalue weighted by atomic mass is 32.2. The van der Waals surface area contributed by atoms with Crippen LogP contribution in [0.25, 0.3) is 11.1 Å². The Kier molecular flexibility index (Phi) is 10.8. The number of benzene rings is 3. The molecule has 242 valence electrons. The Bertz CT molecular complexity index is 1570. The van der Waals surface area contributed by atoms with E-state index in [0.717, 1.165) is 27.8 Å². The van der Waals surface area contributed by atoms with Crippen molar-refractivity contribution in [1.82, 2.24) is 4.31 Å². The van der Waals surface area contributed by atoms with Crippen LogP contribution in [0.1, 0.15) is 112 Å². The van der Waals surface area contributed by atoms with Gasteiger partial charge in [-0.25, -0.2) is 18.0 Å². The van der Waals surface area contributed by atoms with Crippen molar-refractivity contribution in [2.24, 2.45) is 5.73 Å². The van der Waals surface area contributed by atoms with Gasteiger partial charge in [0.2, 0.25) is 0 Å². The van der Waals surface area contributed by atoms with Crippen LogP contribution in [0.5, 0.6) is 0 Å². The van der Waals surface area contributed by atoms with Gasteiger partial charge < -0.3 is 15.6 Å². The lowest BCUT2D eigenvalue weighted by molar-refractivity contribution is -0.141. The highest BCUT2D eigenvalue weighted by Crippen LogP contribution is 2.45. The van der Waals surface area contributed by atoms with Crippen molar-refractivity contribution in [1.29, 1.82) is 0 Å². The lowest BCUT2D eigenvalue weighted by atomic mass is 9.89. The van der Waals surface area contributed by atoms with Gasteiger partial charge in [-0.3, -0.25) is 0 Å². The minimum absolute atomic E-state index is 0.0181. The SMILES string of the molecule is CC(C)c1cc(C(C)C)c(S(=O)(=O)N(C(=O)OCC2c3ccccc3-c3ccccc32)[C@@H](CCCCN)C(=O)O)c(C(C)C)c1. The third-order valence-electron chi connectivity index (χ3n) is 8.61. The molecule has 0 bridgehead atoms.